The first-order valence-electron chi connectivity index (χ1n) is 11.5. The summed E-state index contributed by atoms with van der Waals surface area (Å²) in [5.41, 5.74) is 3.21. The Morgan fingerprint density at radius 3 is 2.28 bits per heavy atom. The molecule has 1 fully saturated rings. The molecule has 180 valence electrons. The molecule has 36 heavy (non-hydrogen) atoms. The van der Waals surface area contributed by atoms with Crippen molar-refractivity contribution >= 4 is 39.9 Å². The largest absolute Gasteiger partial charge is 0.378 e. The summed E-state index contributed by atoms with van der Waals surface area (Å²) in [6, 6.07) is 22.5. The maximum atomic E-state index is 13.8. The Morgan fingerprint density at radius 1 is 0.833 bits per heavy atom. The molecule has 9 heteroatoms. The second kappa shape index (κ2) is 9.43. The van der Waals surface area contributed by atoms with Crippen LogP contribution in [0.4, 0.5) is 5.69 Å². The van der Waals surface area contributed by atoms with Gasteiger partial charge in [-0.3, -0.25) is 9.36 Å². The summed E-state index contributed by atoms with van der Waals surface area (Å²) in [5.74, 6) is 0.409. The van der Waals surface area contributed by atoms with Crippen molar-refractivity contribution in [3.8, 4) is 22.8 Å². The lowest BCUT2D eigenvalue weighted by Gasteiger charge is -2.29. The molecule has 0 N–H and O–H groups in total. The molecule has 0 atom stereocenters. The van der Waals surface area contributed by atoms with Gasteiger partial charge in [-0.15, -0.1) is 5.10 Å². The van der Waals surface area contributed by atoms with Crippen LogP contribution in [0.25, 0.3) is 33.8 Å². The van der Waals surface area contributed by atoms with Crippen molar-refractivity contribution in [1.82, 2.24) is 19.3 Å². The Labute approximate surface area is 217 Å². The summed E-state index contributed by atoms with van der Waals surface area (Å²) >= 11 is 12.9. The van der Waals surface area contributed by atoms with Gasteiger partial charge >= 0.3 is 0 Å². The van der Waals surface area contributed by atoms with E-state index < -0.39 is 0 Å². The number of nitrogens with zero attached hydrogens (tertiary/aromatic N) is 5. The van der Waals surface area contributed by atoms with Crippen LogP contribution in [0.3, 0.4) is 0 Å². The fraction of sp³-hybridized carbons (Fsp3) is 0.148. The normalized spacial score (nSPS) is 13.9. The van der Waals surface area contributed by atoms with E-state index in [0.29, 0.717) is 51.4 Å². The van der Waals surface area contributed by atoms with E-state index >= 15 is 0 Å². The molecule has 1 aliphatic rings. The highest BCUT2D eigenvalue weighted by atomic mass is 35.5. The van der Waals surface area contributed by atoms with Gasteiger partial charge in [0.05, 0.1) is 29.6 Å². The predicted octanol–water partition coefficient (Wildman–Crippen LogP) is 5.38. The molecule has 6 rings (SSSR count). The molecule has 0 amide bonds. The topological polar surface area (TPSA) is 65.2 Å². The lowest BCUT2D eigenvalue weighted by atomic mass is 10.1. The second-order valence-electron chi connectivity index (χ2n) is 8.46. The Hall–Kier alpha value is -3.65. The summed E-state index contributed by atoms with van der Waals surface area (Å²) in [4.78, 5) is 20.9. The number of fused-ring (bicyclic) bond motifs is 1. The smallest absolute Gasteiger partial charge is 0.269 e. The zero-order valence-corrected chi connectivity index (χ0v) is 20.7. The van der Waals surface area contributed by atoms with Crippen molar-refractivity contribution in [3.63, 3.8) is 0 Å². The Balaban J connectivity index is 1.55. The monoisotopic (exact) mass is 517 g/mol. The van der Waals surface area contributed by atoms with Gasteiger partial charge < -0.3 is 9.64 Å². The predicted molar refractivity (Wildman–Crippen MR) is 143 cm³/mol. The quantitative estimate of drug-likeness (QED) is 0.320. The van der Waals surface area contributed by atoms with Crippen molar-refractivity contribution in [2.24, 2.45) is 0 Å². The zero-order chi connectivity index (χ0) is 24.6. The molecule has 7 nitrogen and oxygen atoms in total. The first-order valence-corrected chi connectivity index (χ1v) is 12.3. The minimum absolute atomic E-state index is 0.243. The highest BCUT2D eigenvalue weighted by Crippen LogP contribution is 2.32. The Kier molecular flexibility index (Phi) is 5.97. The highest BCUT2D eigenvalue weighted by molar-refractivity contribution is 6.33. The van der Waals surface area contributed by atoms with Crippen LogP contribution < -0.4 is 10.5 Å². The molecule has 0 saturated carbocycles. The van der Waals surface area contributed by atoms with E-state index in [2.05, 4.69) is 10.00 Å². The summed E-state index contributed by atoms with van der Waals surface area (Å²) in [6.45, 7) is 2.95. The summed E-state index contributed by atoms with van der Waals surface area (Å²) < 4.78 is 8.69. The van der Waals surface area contributed by atoms with Crippen LogP contribution in [0, 0.1) is 0 Å². The molecule has 3 heterocycles. The van der Waals surface area contributed by atoms with E-state index in [4.69, 9.17) is 32.9 Å². The molecule has 3 aromatic carbocycles. The van der Waals surface area contributed by atoms with Gasteiger partial charge in [0.25, 0.3) is 5.56 Å². The van der Waals surface area contributed by atoms with Crippen molar-refractivity contribution in [2.75, 3.05) is 31.2 Å². The minimum Gasteiger partial charge on any atom is -0.378 e. The van der Waals surface area contributed by atoms with Gasteiger partial charge in [0.1, 0.15) is 5.39 Å². The molecule has 0 aliphatic carbocycles. The lowest BCUT2D eigenvalue weighted by Crippen LogP contribution is -2.36. The SMILES string of the molecule is O=c1c2cn(-c3ccccc3)nc2nc(-c2ccc(N3CCOCC3)cc2Cl)n1-c1ccc(Cl)cc1. The number of halogens is 2. The molecular weight excluding hydrogens is 497 g/mol. The lowest BCUT2D eigenvalue weighted by molar-refractivity contribution is 0.122. The van der Waals surface area contributed by atoms with Crippen LogP contribution >= 0.6 is 23.2 Å². The van der Waals surface area contributed by atoms with Crippen molar-refractivity contribution in [2.45, 2.75) is 0 Å². The van der Waals surface area contributed by atoms with Gasteiger partial charge in [0, 0.05) is 35.6 Å². The maximum absolute atomic E-state index is 13.8. The van der Waals surface area contributed by atoms with Gasteiger partial charge in [0.15, 0.2) is 11.5 Å². The molecular formula is C27H21Cl2N5O2. The summed E-state index contributed by atoms with van der Waals surface area (Å²) in [5, 5.41) is 6.08. The maximum Gasteiger partial charge on any atom is 0.269 e. The van der Waals surface area contributed by atoms with Crippen LogP contribution in [-0.4, -0.2) is 45.6 Å². The van der Waals surface area contributed by atoms with Crippen molar-refractivity contribution in [1.29, 1.82) is 0 Å². The number of para-hydroxylation sites is 1. The number of aromatic nitrogens is 4. The number of ether oxygens (including phenoxy) is 1. The number of anilines is 1. The summed E-state index contributed by atoms with van der Waals surface area (Å²) in [7, 11) is 0. The average molecular weight is 518 g/mol. The third-order valence-electron chi connectivity index (χ3n) is 6.23. The minimum atomic E-state index is -0.243. The molecule has 0 spiro atoms. The molecule has 0 unspecified atom stereocenters. The van der Waals surface area contributed by atoms with E-state index in [9.17, 15) is 4.79 Å². The van der Waals surface area contributed by atoms with Crippen molar-refractivity contribution < 1.29 is 4.74 Å². The van der Waals surface area contributed by atoms with Gasteiger partial charge in [0.2, 0.25) is 0 Å². The van der Waals surface area contributed by atoms with Crippen LogP contribution in [0.5, 0.6) is 0 Å². The molecule has 1 aliphatic heterocycles. The van der Waals surface area contributed by atoms with E-state index in [0.717, 1.165) is 24.5 Å². The van der Waals surface area contributed by atoms with Crippen LogP contribution in [0.15, 0.2) is 83.8 Å². The number of benzene rings is 3. The number of hydrogen-bond donors (Lipinski definition) is 0. The number of hydrogen-bond acceptors (Lipinski definition) is 5. The van der Waals surface area contributed by atoms with E-state index in [1.807, 2.05) is 48.5 Å². The fourth-order valence-corrected chi connectivity index (χ4v) is 4.78. The van der Waals surface area contributed by atoms with Gasteiger partial charge in [-0.1, -0.05) is 41.4 Å². The first-order chi connectivity index (χ1) is 17.6. The van der Waals surface area contributed by atoms with Gasteiger partial charge in [-0.05, 0) is 54.6 Å². The summed E-state index contributed by atoms with van der Waals surface area (Å²) in [6.07, 6.45) is 1.71. The van der Waals surface area contributed by atoms with E-state index in [1.54, 1.807) is 39.7 Å². The molecule has 0 radical (unpaired) electrons. The molecule has 1 saturated heterocycles. The molecule has 2 aromatic heterocycles. The highest BCUT2D eigenvalue weighted by Gasteiger charge is 2.20. The van der Waals surface area contributed by atoms with Crippen molar-refractivity contribution in [3.05, 3.63) is 99.4 Å². The second-order valence-corrected chi connectivity index (χ2v) is 9.31. The first kappa shape index (κ1) is 22.8. The zero-order valence-electron chi connectivity index (χ0n) is 19.1. The number of rotatable bonds is 4. The van der Waals surface area contributed by atoms with E-state index in [-0.39, 0.29) is 5.56 Å². The van der Waals surface area contributed by atoms with Crippen LogP contribution in [-0.2, 0) is 4.74 Å². The number of morpholine rings is 1. The average Bonchev–Trinajstić information content (AvgIpc) is 3.35. The fourth-order valence-electron chi connectivity index (χ4n) is 4.39. The van der Waals surface area contributed by atoms with E-state index in [1.165, 1.54) is 0 Å². The van der Waals surface area contributed by atoms with Crippen LogP contribution in [0.2, 0.25) is 10.0 Å². The third kappa shape index (κ3) is 4.15. The standard InChI is InChI=1S/C27H21Cl2N5O2/c28-18-6-8-20(9-7-18)34-26(22-11-10-21(16-24(22)29)32-12-14-36-15-13-32)30-25-23(27(34)35)17-33(31-25)19-4-2-1-3-5-19/h1-11,16-17H,12-15H2. The third-order valence-corrected chi connectivity index (χ3v) is 6.79. The van der Waals surface area contributed by atoms with Gasteiger partial charge in [-0.25, -0.2) is 9.67 Å². The molecule has 0 bridgehead atoms. The Morgan fingerprint density at radius 2 is 1.56 bits per heavy atom. The van der Waals surface area contributed by atoms with Crippen LogP contribution in [0.1, 0.15) is 0 Å². The Bertz CT molecular complexity index is 1610. The molecule has 5 aromatic rings. The van der Waals surface area contributed by atoms with Gasteiger partial charge in [-0.2, -0.15) is 0 Å².